The van der Waals surface area contributed by atoms with Gasteiger partial charge in [-0.05, 0) is 41.7 Å². The molecule has 4 aromatic rings. The molecule has 0 aliphatic carbocycles. The molecule has 1 atom stereocenters. The number of aryl methyl sites for hydroxylation is 1. The molecule has 2 heterocycles. The topological polar surface area (TPSA) is 58.0 Å². The summed E-state index contributed by atoms with van der Waals surface area (Å²) in [6.45, 7) is 6.38. The SMILES string of the molecule is Cc1ccc(NC(c2ccc(C(C)C)cc2)c2ccc3cccnc3c2O)nc1. The maximum absolute atomic E-state index is 11.0. The fourth-order valence-corrected chi connectivity index (χ4v) is 3.49. The van der Waals surface area contributed by atoms with E-state index in [1.54, 1.807) is 6.20 Å². The Bertz CT molecular complexity index is 1120. The van der Waals surface area contributed by atoms with Gasteiger partial charge in [0.05, 0.1) is 6.04 Å². The molecule has 0 radical (unpaired) electrons. The molecule has 0 amide bonds. The molecule has 2 aromatic carbocycles. The van der Waals surface area contributed by atoms with Gasteiger partial charge >= 0.3 is 0 Å². The highest BCUT2D eigenvalue weighted by molar-refractivity contribution is 5.86. The van der Waals surface area contributed by atoms with Gasteiger partial charge in [-0.15, -0.1) is 0 Å². The molecule has 0 aliphatic heterocycles. The first kappa shape index (κ1) is 18.9. The van der Waals surface area contributed by atoms with Crippen molar-refractivity contribution in [2.24, 2.45) is 0 Å². The Labute approximate surface area is 171 Å². The van der Waals surface area contributed by atoms with Crippen molar-refractivity contribution in [3.63, 3.8) is 0 Å². The summed E-state index contributed by atoms with van der Waals surface area (Å²) >= 11 is 0. The van der Waals surface area contributed by atoms with E-state index >= 15 is 0 Å². The summed E-state index contributed by atoms with van der Waals surface area (Å²) in [5.41, 5.74) is 4.82. The molecule has 2 aromatic heterocycles. The van der Waals surface area contributed by atoms with Crippen molar-refractivity contribution in [1.82, 2.24) is 9.97 Å². The zero-order valence-electron chi connectivity index (χ0n) is 16.9. The molecule has 0 fully saturated rings. The number of anilines is 1. The van der Waals surface area contributed by atoms with E-state index in [2.05, 4.69) is 53.4 Å². The Morgan fingerprint density at radius 2 is 1.62 bits per heavy atom. The van der Waals surface area contributed by atoms with Crippen LogP contribution in [0.3, 0.4) is 0 Å². The summed E-state index contributed by atoms with van der Waals surface area (Å²) < 4.78 is 0. The smallest absolute Gasteiger partial charge is 0.147 e. The van der Waals surface area contributed by atoms with E-state index in [1.165, 1.54) is 5.56 Å². The van der Waals surface area contributed by atoms with Crippen molar-refractivity contribution < 1.29 is 5.11 Å². The number of aromatic hydroxyl groups is 1. The number of hydrogen-bond acceptors (Lipinski definition) is 4. The molecule has 0 saturated heterocycles. The highest BCUT2D eigenvalue weighted by Crippen LogP contribution is 2.36. The lowest BCUT2D eigenvalue weighted by atomic mass is 9.94. The van der Waals surface area contributed by atoms with Crippen molar-refractivity contribution in [2.75, 3.05) is 5.32 Å². The first-order chi connectivity index (χ1) is 14.0. The number of pyridine rings is 2. The molecule has 4 heteroatoms. The van der Waals surface area contributed by atoms with E-state index in [9.17, 15) is 5.11 Å². The standard InChI is InChI=1S/C25H25N3O/c1-16(2)18-7-9-20(10-8-18)23(28-22-13-6-17(3)15-27-22)21-12-11-19-5-4-14-26-24(19)25(21)29/h4-16,23,29H,1-3H3,(H,27,28). The molecule has 0 saturated carbocycles. The van der Waals surface area contributed by atoms with E-state index in [-0.39, 0.29) is 11.8 Å². The summed E-state index contributed by atoms with van der Waals surface area (Å²) in [7, 11) is 0. The third kappa shape index (κ3) is 3.92. The van der Waals surface area contributed by atoms with Crippen LogP contribution in [-0.2, 0) is 0 Å². The Balaban J connectivity index is 1.81. The monoisotopic (exact) mass is 383 g/mol. The number of nitrogens with one attached hydrogen (secondary N) is 1. The summed E-state index contributed by atoms with van der Waals surface area (Å²) in [6, 6.07) is 20.0. The quantitative estimate of drug-likeness (QED) is 0.446. The van der Waals surface area contributed by atoms with E-state index < -0.39 is 0 Å². The third-order valence-corrected chi connectivity index (χ3v) is 5.23. The normalized spacial score (nSPS) is 12.3. The van der Waals surface area contributed by atoms with Crippen molar-refractivity contribution >= 4 is 16.7 Å². The lowest BCUT2D eigenvalue weighted by Crippen LogP contribution is -2.14. The van der Waals surface area contributed by atoms with Gasteiger partial charge in [0.15, 0.2) is 0 Å². The highest BCUT2D eigenvalue weighted by Gasteiger charge is 2.20. The van der Waals surface area contributed by atoms with E-state index in [4.69, 9.17) is 0 Å². The minimum atomic E-state index is -0.252. The summed E-state index contributed by atoms with van der Waals surface area (Å²) in [4.78, 5) is 8.88. The van der Waals surface area contributed by atoms with Gasteiger partial charge in [0.2, 0.25) is 0 Å². The number of phenols is 1. The first-order valence-corrected chi connectivity index (χ1v) is 9.88. The number of hydrogen-bond donors (Lipinski definition) is 2. The van der Waals surface area contributed by atoms with Gasteiger partial charge in [-0.25, -0.2) is 4.98 Å². The number of fused-ring (bicyclic) bond motifs is 1. The maximum atomic E-state index is 11.0. The van der Waals surface area contributed by atoms with Gasteiger partial charge in [0, 0.05) is 23.3 Å². The average molecular weight is 383 g/mol. The number of rotatable bonds is 5. The lowest BCUT2D eigenvalue weighted by Gasteiger charge is -2.22. The summed E-state index contributed by atoms with van der Waals surface area (Å²) in [5.74, 6) is 1.42. The molecule has 2 N–H and O–H groups in total. The molecule has 146 valence electrons. The number of benzene rings is 2. The zero-order valence-corrected chi connectivity index (χ0v) is 16.9. The van der Waals surface area contributed by atoms with Gasteiger partial charge in [-0.3, -0.25) is 4.98 Å². The minimum absolute atomic E-state index is 0.195. The fourth-order valence-electron chi connectivity index (χ4n) is 3.49. The number of aromatic nitrogens is 2. The van der Waals surface area contributed by atoms with Crippen LogP contribution >= 0.6 is 0 Å². The van der Waals surface area contributed by atoms with Crippen molar-refractivity contribution in [1.29, 1.82) is 0 Å². The maximum Gasteiger partial charge on any atom is 0.147 e. The van der Waals surface area contributed by atoms with Crippen LogP contribution in [0, 0.1) is 6.92 Å². The predicted octanol–water partition coefficient (Wildman–Crippen LogP) is 5.97. The van der Waals surface area contributed by atoms with Crippen LogP contribution in [-0.4, -0.2) is 15.1 Å². The first-order valence-electron chi connectivity index (χ1n) is 9.88. The summed E-state index contributed by atoms with van der Waals surface area (Å²) in [5, 5.41) is 15.4. The highest BCUT2D eigenvalue weighted by atomic mass is 16.3. The van der Waals surface area contributed by atoms with Gasteiger partial charge in [-0.1, -0.05) is 62.4 Å². The van der Waals surface area contributed by atoms with Crippen LogP contribution in [0.25, 0.3) is 10.9 Å². The number of nitrogens with zero attached hydrogens (tertiary/aromatic N) is 2. The van der Waals surface area contributed by atoms with Gasteiger partial charge in [0.25, 0.3) is 0 Å². The van der Waals surface area contributed by atoms with Crippen LogP contribution < -0.4 is 5.32 Å². The Morgan fingerprint density at radius 3 is 2.31 bits per heavy atom. The number of phenolic OH excluding ortho intramolecular Hbond substituents is 1. The summed E-state index contributed by atoms with van der Waals surface area (Å²) in [6.07, 6.45) is 3.54. The third-order valence-electron chi connectivity index (χ3n) is 5.23. The van der Waals surface area contributed by atoms with Crippen LogP contribution in [0.1, 0.15) is 48.1 Å². The zero-order chi connectivity index (χ0) is 20.4. The van der Waals surface area contributed by atoms with E-state index in [0.29, 0.717) is 11.4 Å². The van der Waals surface area contributed by atoms with Crippen LogP contribution in [0.15, 0.2) is 73.1 Å². The molecule has 4 nitrogen and oxygen atoms in total. The second-order valence-electron chi connectivity index (χ2n) is 7.70. The van der Waals surface area contributed by atoms with Crippen LogP contribution in [0.2, 0.25) is 0 Å². The molecule has 4 rings (SSSR count). The van der Waals surface area contributed by atoms with Crippen molar-refractivity contribution in [3.8, 4) is 5.75 Å². The molecule has 0 spiro atoms. The molecule has 0 bridgehead atoms. The Kier molecular flexibility index (Phi) is 5.17. The predicted molar refractivity (Wildman–Crippen MR) is 118 cm³/mol. The van der Waals surface area contributed by atoms with Crippen LogP contribution in [0.5, 0.6) is 5.75 Å². The van der Waals surface area contributed by atoms with Crippen molar-refractivity contribution in [2.45, 2.75) is 32.7 Å². The molecule has 0 aliphatic rings. The van der Waals surface area contributed by atoms with Gasteiger partial charge in [0.1, 0.15) is 17.1 Å². The van der Waals surface area contributed by atoms with Crippen LogP contribution in [0.4, 0.5) is 5.82 Å². The Hall–Kier alpha value is -3.40. The molecule has 1 unspecified atom stereocenters. The molecule has 29 heavy (non-hydrogen) atoms. The van der Waals surface area contributed by atoms with E-state index in [0.717, 1.165) is 27.9 Å². The molecular formula is C25H25N3O. The second kappa shape index (κ2) is 7.92. The fraction of sp³-hybridized carbons (Fsp3) is 0.200. The van der Waals surface area contributed by atoms with Crippen molar-refractivity contribution in [3.05, 3.63) is 95.3 Å². The Morgan fingerprint density at radius 1 is 0.862 bits per heavy atom. The minimum Gasteiger partial charge on any atom is -0.505 e. The largest absolute Gasteiger partial charge is 0.505 e. The second-order valence-corrected chi connectivity index (χ2v) is 7.70. The van der Waals surface area contributed by atoms with Gasteiger partial charge in [-0.2, -0.15) is 0 Å². The van der Waals surface area contributed by atoms with E-state index in [1.807, 2.05) is 49.5 Å². The average Bonchev–Trinajstić information content (AvgIpc) is 2.74. The lowest BCUT2D eigenvalue weighted by molar-refractivity contribution is 0.471. The molecular weight excluding hydrogens is 358 g/mol. The van der Waals surface area contributed by atoms with Gasteiger partial charge < -0.3 is 10.4 Å².